The van der Waals surface area contributed by atoms with Crippen LogP contribution in [-0.2, 0) is 22.1 Å². The van der Waals surface area contributed by atoms with E-state index in [2.05, 4.69) is 9.47 Å². The highest BCUT2D eigenvalue weighted by atomic mass is 19.4. The third-order valence-electron chi connectivity index (χ3n) is 4.99. The Morgan fingerprint density at radius 1 is 0.921 bits per heavy atom. The van der Waals surface area contributed by atoms with E-state index in [-0.39, 0.29) is 6.61 Å². The molecule has 0 aliphatic rings. The maximum Gasteiger partial charge on any atom is 0.426 e. The molecule has 3 rings (SSSR count). The van der Waals surface area contributed by atoms with Crippen LogP contribution in [0.2, 0.25) is 0 Å². The standard InChI is InChI=1S/C26H22F6N2O4/c27-21-14-20(37-15-25(28,29)30)8-9-23(21)38-26(31,32)18-5-1-16(2-6-18)3-10-24(35)36-12-11-17-4-7-19(33)13-22(17)34/h1-10,13-14H,11-12,15,33-34H2/b10-3+. The van der Waals surface area contributed by atoms with Crippen molar-refractivity contribution in [2.24, 2.45) is 0 Å². The van der Waals surface area contributed by atoms with Crippen LogP contribution in [0.25, 0.3) is 6.08 Å². The molecule has 12 heteroatoms. The number of hydrogen-bond donors (Lipinski definition) is 2. The first-order valence-electron chi connectivity index (χ1n) is 11.0. The van der Waals surface area contributed by atoms with Crippen LogP contribution in [0.5, 0.6) is 11.5 Å². The molecule has 4 N–H and O–H groups in total. The van der Waals surface area contributed by atoms with E-state index in [1.54, 1.807) is 18.2 Å². The molecule has 0 saturated heterocycles. The molecule has 0 unspecified atom stereocenters. The minimum absolute atomic E-state index is 0.0613. The van der Waals surface area contributed by atoms with Gasteiger partial charge in [0.25, 0.3) is 0 Å². The van der Waals surface area contributed by atoms with E-state index < -0.39 is 47.7 Å². The molecule has 0 saturated carbocycles. The molecule has 0 bridgehead atoms. The molecule has 0 heterocycles. The first kappa shape index (κ1) is 28.2. The molecule has 38 heavy (non-hydrogen) atoms. The van der Waals surface area contributed by atoms with E-state index in [0.29, 0.717) is 29.4 Å². The summed E-state index contributed by atoms with van der Waals surface area (Å²) >= 11 is 0. The Labute approximate surface area is 213 Å². The highest BCUT2D eigenvalue weighted by Gasteiger charge is 2.35. The van der Waals surface area contributed by atoms with Gasteiger partial charge in [0.15, 0.2) is 18.2 Å². The Bertz CT molecular complexity index is 1290. The van der Waals surface area contributed by atoms with Crippen molar-refractivity contribution >= 4 is 23.4 Å². The third-order valence-corrected chi connectivity index (χ3v) is 4.99. The summed E-state index contributed by atoms with van der Waals surface area (Å²) in [6, 6.07) is 11.7. The summed E-state index contributed by atoms with van der Waals surface area (Å²) in [5.74, 6) is -3.38. The molecular weight excluding hydrogens is 518 g/mol. The van der Waals surface area contributed by atoms with E-state index in [4.69, 9.17) is 16.2 Å². The highest BCUT2D eigenvalue weighted by Crippen LogP contribution is 2.34. The molecule has 3 aromatic carbocycles. The zero-order valence-electron chi connectivity index (χ0n) is 19.6. The highest BCUT2D eigenvalue weighted by molar-refractivity contribution is 5.87. The van der Waals surface area contributed by atoms with Crippen molar-refractivity contribution < 1.29 is 45.3 Å². The van der Waals surface area contributed by atoms with Gasteiger partial charge >= 0.3 is 18.3 Å². The molecule has 0 spiro atoms. The molecule has 6 nitrogen and oxygen atoms in total. The number of halogens is 6. The minimum Gasteiger partial charge on any atom is -0.484 e. The molecular formula is C26H22F6N2O4. The smallest absolute Gasteiger partial charge is 0.426 e. The first-order chi connectivity index (χ1) is 17.8. The number of benzene rings is 3. The summed E-state index contributed by atoms with van der Waals surface area (Å²) in [4.78, 5) is 11.9. The summed E-state index contributed by atoms with van der Waals surface area (Å²) < 4.78 is 93.7. The molecule has 0 radical (unpaired) electrons. The molecule has 202 valence electrons. The van der Waals surface area contributed by atoms with Crippen LogP contribution >= 0.6 is 0 Å². The molecule has 3 aromatic rings. The summed E-state index contributed by atoms with van der Waals surface area (Å²) in [5, 5.41) is 0. The van der Waals surface area contributed by atoms with Gasteiger partial charge in [-0.1, -0.05) is 18.2 Å². The largest absolute Gasteiger partial charge is 0.484 e. The number of alkyl halides is 5. The molecule has 0 aromatic heterocycles. The zero-order valence-corrected chi connectivity index (χ0v) is 19.6. The average Bonchev–Trinajstić information content (AvgIpc) is 2.84. The van der Waals surface area contributed by atoms with Crippen LogP contribution in [0.4, 0.5) is 37.7 Å². The minimum atomic E-state index is -4.65. The number of nitrogens with two attached hydrogens (primary N) is 2. The lowest BCUT2D eigenvalue weighted by atomic mass is 10.1. The number of rotatable bonds is 10. The van der Waals surface area contributed by atoms with E-state index in [9.17, 15) is 31.1 Å². The van der Waals surface area contributed by atoms with Gasteiger partial charge < -0.3 is 25.7 Å². The predicted molar refractivity (Wildman–Crippen MR) is 128 cm³/mol. The van der Waals surface area contributed by atoms with Crippen molar-refractivity contribution in [3.05, 3.63) is 89.2 Å². The van der Waals surface area contributed by atoms with Crippen LogP contribution in [0.3, 0.4) is 0 Å². The quantitative estimate of drug-likeness (QED) is 0.145. The fraction of sp³-hybridized carbons (Fsp3) is 0.192. The van der Waals surface area contributed by atoms with E-state index in [0.717, 1.165) is 35.9 Å². The van der Waals surface area contributed by atoms with Crippen LogP contribution < -0.4 is 20.9 Å². The normalized spacial score (nSPS) is 11.9. The van der Waals surface area contributed by atoms with Crippen molar-refractivity contribution in [2.75, 3.05) is 24.7 Å². The Morgan fingerprint density at radius 3 is 2.26 bits per heavy atom. The third kappa shape index (κ3) is 8.36. The summed E-state index contributed by atoms with van der Waals surface area (Å²) in [7, 11) is 0. The SMILES string of the molecule is Nc1ccc(CCOC(=O)/C=C/c2ccc(C(F)(F)Oc3ccc(OCC(F)(F)F)cc3F)cc2)c(N)c1. The summed E-state index contributed by atoms with van der Waals surface area (Å²) in [6.07, 6.45) is -5.77. The first-order valence-corrected chi connectivity index (χ1v) is 11.0. The number of ether oxygens (including phenoxy) is 3. The Morgan fingerprint density at radius 2 is 1.63 bits per heavy atom. The van der Waals surface area contributed by atoms with Crippen molar-refractivity contribution in [1.29, 1.82) is 0 Å². The second kappa shape index (κ2) is 11.8. The second-order valence-corrected chi connectivity index (χ2v) is 7.95. The molecule has 0 atom stereocenters. The van der Waals surface area contributed by atoms with Gasteiger partial charge in [-0.25, -0.2) is 9.18 Å². The van der Waals surface area contributed by atoms with E-state index in [1.165, 1.54) is 18.2 Å². The number of esters is 1. The van der Waals surface area contributed by atoms with E-state index >= 15 is 0 Å². The Balaban J connectivity index is 1.54. The van der Waals surface area contributed by atoms with Gasteiger partial charge in [0.05, 0.1) is 12.2 Å². The van der Waals surface area contributed by atoms with Crippen LogP contribution in [-0.4, -0.2) is 25.4 Å². The van der Waals surface area contributed by atoms with Gasteiger partial charge in [-0.2, -0.15) is 22.0 Å². The van der Waals surface area contributed by atoms with Gasteiger partial charge in [0.2, 0.25) is 0 Å². The predicted octanol–water partition coefficient (Wildman–Crippen LogP) is 5.86. The zero-order chi connectivity index (χ0) is 27.9. The van der Waals surface area contributed by atoms with Crippen LogP contribution in [0.1, 0.15) is 16.7 Å². The fourth-order valence-corrected chi connectivity index (χ4v) is 3.12. The maximum absolute atomic E-state index is 14.5. The fourth-order valence-electron chi connectivity index (χ4n) is 3.12. The summed E-state index contributed by atoms with van der Waals surface area (Å²) in [6.45, 7) is -1.61. The number of carbonyl (C=O) groups excluding carboxylic acids is 1. The topological polar surface area (TPSA) is 96.8 Å². The Kier molecular flexibility index (Phi) is 8.76. The number of hydrogen-bond acceptors (Lipinski definition) is 6. The van der Waals surface area contributed by atoms with Gasteiger partial charge in [-0.3, -0.25) is 0 Å². The molecule has 0 fully saturated rings. The average molecular weight is 540 g/mol. The Hall–Kier alpha value is -4.35. The number of carbonyl (C=O) groups is 1. The molecule has 0 aliphatic heterocycles. The maximum atomic E-state index is 14.5. The van der Waals surface area contributed by atoms with Crippen molar-refractivity contribution in [3.8, 4) is 11.5 Å². The number of anilines is 2. The molecule has 0 amide bonds. The van der Waals surface area contributed by atoms with Crippen molar-refractivity contribution in [1.82, 2.24) is 0 Å². The second-order valence-electron chi connectivity index (χ2n) is 7.95. The lowest BCUT2D eigenvalue weighted by Crippen LogP contribution is -2.22. The van der Waals surface area contributed by atoms with Gasteiger partial charge in [0.1, 0.15) is 5.75 Å². The van der Waals surface area contributed by atoms with E-state index in [1.807, 2.05) is 0 Å². The molecule has 0 aliphatic carbocycles. The van der Waals surface area contributed by atoms with Gasteiger partial charge in [0, 0.05) is 29.9 Å². The van der Waals surface area contributed by atoms with Gasteiger partial charge in [-0.15, -0.1) is 0 Å². The van der Waals surface area contributed by atoms with Crippen molar-refractivity contribution in [2.45, 2.75) is 18.7 Å². The lowest BCUT2D eigenvalue weighted by molar-refractivity contribution is -0.187. The van der Waals surface area contributed by atoms with Crippen molar-refractivity contribution in [3.63, 3.8) is 0 Å². The summed E-state index contributed by atoms with van der Waals surface area (Å²) in [5.41, 5.74) is 13.0. The lowest BCUT2D eigenvalue weighted by Gasteiger charge is -2.19. The van der Waals surface area contributed by atoms with Crippen LogP contribution in [0, 0.1) is 5.82 Å². The van der Waals surface area contributed by atoms with Gasteiger partial charge in [-0.05, 0) is 53.6 Å². The van der Waals surface area contributed by atoms with Crippen LogP contribution in [0.15, 0.2) is 66.7 Å². The number of nitrogen functional groups attached to an aromatic ring is 2. The monoisotopic (exact) mass is 540 g/mol.